The molecule has 2 heteroatoms. The number of hydrogen-bond donors (Lipinski definition) is 0. The molecule has 1 nitrogen and oxygen atoms in total. The zero-order valence-corrected chi connectivity index (χ0v) is 22.4. The first-order valence-electron chi connectivity index (χ1n) is 12.1. The summed E-state index contributed by atoms with van der Waals surface area (Å²) in [6.45, 7) is 21.5. The van der Waals surface area contributed by atoms with Crippen LogP contribution in [0.3, 0.4) is 0 Å². The van der Waals surface area contributed by atoms with Crippen molar-refractivity contribution < 1.29 is 0 Å². The van der Waals surface area contributed by atoms with Gasteiger partial charge in [-0.2, -0.15) is 11.8 Å². The minimum Gasteiger partial charge on any atom is -0.296 e. The van der Waals surface area contributed by atoms with Crippen molar-refractivity contribution in [2.75, 3.05) is 25.6 Å². The number of nitrogens with zero attached hydrogens (tertiary/aromatic N) is 1. The van der Waals surface area contributed by atoms with Gasteiger partial charge >= 0.3 is 0 Å². The molecule has 174 valence electrons. The Bertz CT molecular complexity index is 361. The first kappa shape index (κ1) is 33.2. The van der Waals surface area contributed by atoms with E-state index in [0.717, 1.165) is 12.3 Å². The Kier molecular flexibility index (Phi) is 31.5. The fourth-order valence-electron chi connectivity index (χ4n) is 3.53. The van der Waals surface area contributed by atoms with Gasteiger partial charge in [0.1, 0.15) is 0 Å². The molecule has 1 aliphatic rings. The van der Waals surface area contributed by atoms with Crippen molar-refractivity contribution in [2.24, 2.45) is 5.92 Å². The number of rotatable bonds is 9. The van der Waals surface area contributed by atoms with Crippen molar-refractivity contribution in [3.63, 3.8) is 0 Å². The smallest absolute Gasteiger partial charge is 0.0345 e. The van der Waals surface area contributed by atoms with Gasteiger partial charge in [0.15, 0.2) is 0 Å². The molecule has 1 saturated carbocycles. The second kappa shape index (κ2) is 27.5. The lowest BCUT2D eigenvalue weighted by molar-refractivity contribution is 0.219. The molecule has 0 aromatic carbocycles. The molecule has 0 spiro atoms. The van der Waals surface area contributed by atoms with Gasteiger partial charge in [-0.3, -0.25) is 4.90 Å². The highest BCUT2D eigenvalue weighted by molar-refractivity contribution is 7.97. The van der Waals surface area contributed by atoms with E-state index in [1.807, 2.05) is 39.4 Å². The zero-order valence-electron chi connectivity index (χ0n) is 21.6. The van der Waals surface area contributed by atoms with E-state index in [4.69, 9.17) is 0 Å². The van der Waals surface area contributed by atoms with Gasteiger partial charge in [0, 0.05) is 6.04 Å². The molecule has 0 radical (unpaired) electrons. The van der Waals surface area contributed by atoms with Crippen LogP contribution in [0.2, 0.25) is 0 Å². The van der Waals surface area contributed by atoms with Crippen molar-refractivity contribution in [1.82, 2.24) is 4.90 Å². The van der Waals surface area contributed by atoms with Gasteiger partial charge in [0.2, 0.25) is 0 Å². The van der Waals surface area contributed by atoms with Crippen molar-refractivity contribution >= 4 is 11.8 Å². The Morgan fingerprint density at radius 3 is 1.79 bits per heavy atom. The lowest BCUT2D eigenvalue weighted by atomic mass is 9.91. The van der Waals surface area contributed by atoms with Gasteiger partial charge in [0.25, 0.3) is 0 Å². The number of thioether (sulfide) groups is 1. The Hall–Kier alpha value is -0.470. The summed E-state index contributed by atoms with van der Waals surface area (Å²) in [6, 6.07) is 0.517. The first-order chi connectivity index (χ1) is 14.1. The van der Waals surface area contributed by atoms with Crippen LogP contribution < -0.4 is 0 Å². The van der Waals surface area contributed by atoms with Crippen LogP contribution in [0.25, 0.3) is 0 Å². The lowest BCUT2D eigenvalue weighted by Gasteiger charge is -2.31. The van der Waals surface area contributed by atoms with Gasteiger partial charge in [0.05, 0.1) is 0 Å². The highest BCUT2D eigenvalue weighted by Gasteiger charge is 2.17. The molecule has 1 aliphatic carbocycles. The topological polar surface area (TPSA) is 3.24 Å². The summed E-state index contributed by atoms with van der Waals surface area (Å²) in [5.41, 5.74) is 1.34. The lowest BCUT2D eigenvalue weighted by Crippen LogP contribution is -2.37. The van der Waals surface area contributed by atoms with Gasteiger partial charge in [-0.05, 0) is 63.3 Å². The fraction of sp³-hybridized carbons (Fsp3) is 0.778. The molecule has 0 saturated heterocycles. The molecule has 1 fully saturated rings. The predicted molar refractivity (Wildman–Crippen MR) is 142 cm³/mol. The first-order valence-corrected chi connectivity index (χ1v) is 13.8. The quantitative estimate of drug-likeness (QED) is 0.339. The molecular formula is C27H55NS. The number of hydrogen-bond acceptors (Lipinski definition) is 2. The monoisotopic (exact) mass is 425 g/mol. The summed E-state index contributed by atoms with van der Waals surface area (Å²) in [5.74, 6) is 1.04. The third kappa shape index (κ3) is 20.6. The van der Waals surface area contributed by atoms with E-state index < -0.39 is 0 Å². The van der Waals surface area contributed by atoms with Crippen molar-refractivity contribution in [3.05, 3.63) is 36.5 Å². The second-order valence-electron chi connectivity index (χ2n) is 7.51. The summed E-state index contributed by atoms with van der Waals surface area (Å²) in [4.78, 5) is 2.58. The van der Waals surface area contributed by atoms with Crippen LogP contribution in [0.5, 0.6) is 0 Å². The highest BCUT2D eigenvalue weighted by atomic mass is 32.2. The molecule has 0 aliphatic heterocycles. The van der Waals surface area contributed by atoms with Gasteiger partial charge < -0.3 is 0 Å². The normalized spacial score (nSPS) is 15.4. The van der Waals surface area contributed by atoms with E-state index >= 15 is 0 Å². The average molecular weight is 426 g/mol. The van der Waals surface area contributed by atoms with E-state index in [9.17, 15) is 0 Å². The standard InChI is InChI=1S/C16H29N.C7H14.C2H6S.C2H6/c1-6-11-12-15(9-4)16(10-5)17(13-7-2)14-8-3;1-7-5-3-2-4-6-7;1-3-2;1-2/h6,9,11-12,16H,4,7-8,10,13-14H2,1-3,5H3;7H,2-6H2,1H3;1-2H3;1-2H3/b11-6-,15-12+;;;. The average Bonchev–Trinajstić information content (AvgIpc) is 2.74. The SMILES string of the molecule is C=C/C(=C\C=C/C)C(CC)N(CCC)CCC.CC.CC1CCCCC1.CSC. The van der Waals surface area contributed by atoms with E-state index in [-0.39, 0.29) is 0 Å². The third-order valence-corrected chi connectivity index (χ3v) is 4.84. The van der Waals surface area contributed by atoms with Crippen molar-refractivity contribution in [3.8, 4) is 0 Å². The predicted octanol–water partition coefficient (Wildman–Crippen LogP) is 9.17. The van der Waals surface area contributed by atoms with Gasteiger partial charge in [-0.15, -0.1) is 0 Å². The third-order valence-electron chi connectivity index (χ3n) is 4.84. The molecule has 29 heavy (non-hydrogen) atoms. The Morgan fingerprint density at radius 1 is 1.03 bits per heavy atom. The van der Waals surface area contributed by atoms with Crippen LogP contribution in [0, 0.1) is 5.92 Å². The van der Waals surface area contributed by atoms with E-state index in [2.05, 4.69) is 57.4 Å². The Balaban J connectivity index is -0.000000459. The molecule has 0 aromatic heterocycles. The van der Waals surface area contributed by atoms with Crippen LogP contribution in [0.15, 0.2) is 36.5 Å². The van der Waals surface area contributed by atoms with Crippen LogP contribution >= 0.6 is 11.8 Å². The van der Waals surface area contributed by atoms with Crippen LogP contribution in [-0.4, -0.2) is 36.5 Å². The molecule has 0 amide bonds. The summed E-state index contributed by atoms with van der Waals surface area (Å²) in [6.07, 6.45) is 23.5. The molecule has 1 rings (SSSR count). The minimum atomic E-state index is 0.517. The van der Waals surface area contributed by atoms with Crippen LogP contribution in [-0.2, 0) is 0 Å². The second-order valence-corrected chi connectivity index (χ2v) is 8.32. The van der Waals surface area contributed by atoms with Gasteiger partial charge in [-0.25, -0.2) is 0 Å². The van der Waals surface area contributed by atoms with Gasteiger partial charge in [-0.1, -0.05) is 105 Å². The summed E-state index contributed by atoms with van der Waals surface area (Å²) < 4.78 is 0. The number of allylic oxidation sites excluding steroid dienone is 3. The fourth-order valence-corrected chi connectivity index (χ4v) is 3.53. The zero-order chi connectivity index (χ0) is 22.9. The molecule has 0 N–H and O–H groups in total. The maximum absolute atomic E-state index is 3.96. The molecular weight excluding hydrogens is 370 g/mol. The maximum atomic E-state index is 3.96. The molecule has 0 bridgehead atoms. The minimum absolute atomic E-state index is 0.517. The van der Waals surface area contributed by atoms with E-state index in [0.29, 0.717) is 6.04 Å². The molecule has 1 atom stereocenters. The van der Waals surface area contributed by atoms with Crippen molar-refractivity contribution in [2.45, 2.75) is 106 Å². The molecule has 0 aromatic rings. The van der Waals surface area contributed by atoms with E-state index in [1.165, 1.54) is 63.6 Å². The highest BCUT2D eigenvalue weighted by Crippen LogP contribution is 2.22. The molecule has 0 heterocycles. The largest absolute Gasteiger partial charge is 0.296 e. The van der Waals surface area contributed by atoms with Crippen LogP contribution in [0.1, 0.15) is 99.8 Å². The van der Waals surface area contributed by atoms with Crippen molar-refractivity contribution in [1.29, 1.82) is 0 Å². The van der Waals surface area contributed by atoms with Crippen LogP contribution in [0.4, 0.5) is 0 Å². The summed E-state index contributed by atoms with van der Waals surface area (Å²) in [5, 5.41) is 0. The summed E-state index contributed by atoms with van der Waals surface area (Å²) >= 11 is 1.75. The maximum Gasteiger partial charge on any atom is 0.0345 e. The van der Waals surface area contributed by atoms with E-state index in [1.54, 1.807) is 11.8 Å². The summed E-state index contributed by atoms with van der Waals surface area (Å²) in [7, 11) is 0. The Morgan fingerprint density at radius 2 is 1.52 bits per heavy atom. The Labute approximate surface area is 190 Å². The molecule has 1 unspecified atom stereocenters.